The van der Waals surface area contributed by atoms with Crippen LogP contribution in [-0.2, 0) is 13.2 Å². The van der Waals surface area contributed by atoms with Gasteiger partial charge in [0.25, 0.3) is 0 Å². The minimum Gasteiger partial charge on any atom is -0.489 e. The van der Waals surface area contributed by atoms with Gasteiger partial charge in [0.05, 0.1) is 0 Å². The normalized spacial score (nSPS) is 15.3. The Kier molecular flexibility index (Phi) is 6.84. The summed E-state index contributed by atoms with van der Waals surface area (Å²) in [5.41, 5.74) is 1.78. The molecule has 3 rings (SSSR count). The molecule has 0 amide bonds. The SMILES string of the molecule is Fc1cc(Br)ccc1COc1ccc(CNCC2CCNCC2)cc1. The Balaban J connectivity index is 1.43. The predicted molar refractivity (Wildman–Crippen MR) is 102 cm³/mol. The van der Waals surface area contributed by atoms with E-state index in [1.54, 1.807) is 6.07 Å². The van der Waals surface area contributed by atoms with E-state index >= 15 is 0 Å². The van der Waals surface area contributed by atoms with E-state index in [2.05, 4.69) is 38.7 Å². The Labute approximate surface area is 157 Å². The van der Waals surface area contributed by atoms with E-state index in [0.29, 0.717) is 5.56 Å². The number of piperidine rings is 1. The molecular weight excluding hydrogens is 383 g/mol. The fourth-order valence-electron chi connectivity index (χ4n) is 3.01. The van der Waals surface area contributed by atoms with E-state index in [4.69, 9.17) is 4.74 Å². The molecule has 0 unspecified atom stereocenters. The van der Waals surface area contributed by atoms with Crippen LogP contribution in [0.4, 0.5) is 4.39 Å². The summed E-state index contributed by atoms with van der Waals surface area (Å²) in [5.74, 6) is 1.28. The minimum atomic E-state index is -0.256. The third kappa shape index (κ3) is 5.80. The van der Waals surface area contributed by atoms with Crippen LogP contribution in [0.2, 0.25) is 0 Å². The van der Waals surface area contributed by atoms with E-state index in [0.717, 1.165) is 42.3 Å². The quantitative estimate of drug-likeness (QED) is 0.720. The van der Waals surface area contributed by atoms with Crippen LogP contribution in [0.25, 0.3) is 0 Å². The lowest BCUT2D eigenvalue weighted by Crippen LogP contribution is -2.33. The third-order valence-corrected chi connectivity index (χ3v) is 5.05. The van der Waals surface area contributed by atoms with Crippen LogP contribution in [0.5, 0.6) is 5.75 Å². The smallest absolute Gasteiger partial charge is 0.130 e. The van der Waals surface area contributed by atoms with Crippen molar-refractivity contribution in [3.8, 4) is 5.75 Å². The van der Waals surface area contributed by atoms with Crippen molar-refractivity contribution in [3.05, 3.63) is 63.9 Å². The average molecular weight is 407 g/mol. The van der Waals surface area contributed by atoms with Gasteiger partial charge in [0.1, 0.15) is 18.2 Å². The van der Waals surface area contributed by atoms with Crippen molar-refractivity contribution in [2.75, 3.05) is 19.6 Å². The largest absolute Gasteiger partial charge is 0.489 e. The number of halogens is 2. The van der Waals surface area contributed by atoms with Gasteiger partial charge in [-0.15, -0.1) is 0 Å². The zero-order valence-electron chi connectivity index (χ0n) is 14.2. The Hall–Kier alpha value is -1.43. The molecule has 1 heterocycles. The molecule has 0 aliphatic carbocycles. The fraction of sp³-hybridized carbons (Fsp3) is 0.400. The lowest BCUT2D eigenvalue weighted by molar-refractivity contribution is 0.299. The molecule has 0 aromatic heterocycles. The van der Waals surface area contributed by atoms with Crippen molar-refractivity contribution < 1.29 is 9.13 Å². The molecule has 25 heavy (non-hydrogen) atoms. The summed E-state index contributed by atoms with van der Waals surface area (Å²) in [5, 5.41) is 6.93. The molecule has 1 saturated heterocycles. The molecule has 1 fully saturated rings. The summed E-state index contributed by atoms with van der Waals surface area (Å²) in [6, 6.07) is 13.0. The number of benzene rings is 2. The zero-order chi connectivity index (χ0) is 17.5. The summed E-state index contributed by atoms with van der Waals surface area (Å²) in [7, 11) is 0. The number of nitrogens with one attached hydrogen (secondary N) is 2. The molecule has 2 N–H and O–H groups in total. The first-order valence-electron chi connectivity index (χ1n) is 8.78. The zero-order valence-corrected chi connectivity index (χ0v) is 15.8. The molecule has 5 heteroatoms. The molecule has 2 aromatic carbocycles. The van der Waals surface area contributed by atoms with Gasteiger partial charge in [-0.1, -0.05) is 34.1 Å². The summed E-state index contributed by atoms with van der Waals surface area (Å²) >= 11 is 3.26. The van der Waals surface area contributed by atoms with Crippen LogP contribution in [0, 0.1) is 11.7 Å². The highest BCUT2D eigenvalue weighted by atomic mass is 79.9. The number of rotatable bonds is 7. The van der Waals surface area contributed by atoms with E-state index < -0.39 is 0 Å². The number of hydrogen-bond acceptors (Lipinski definition) is 3. The van der Waals surface area contributed by atoms with Crippen molar-refractivity contribution in [3.63, 3.8) is 0 Å². The fourth-order valence-corrected chi connectivity index (χ4v) is 3.34. The van der Waals surface area contributed by atoms with Gasteiger partial charge in [-0.3, -0.25) is 0 Å². The third-order valence-electron chi connectivity index (χ3n) is 4.55. The van der Waals surface area contributed by atoms with Gasteiger partial charge in [0.15, 0.2) is 0 Å². The highest BCUT2D eigenvalue weighted by Gasteiger charge is 2.12. The molecule has 0 bridgehead atoms. The second-order valence-electron chi connectivity index (χ2n) is 6.49. The second kappa shape index (κ2) is 9.32. The summed E-state index contributed by atoms with van der Waals surface area (Å²) in [6.45, 7) is 4.44. The first kappa shape index (κ1) is 18.4. The monoisotopic (exact) mass is 406 g/mol. The van der Waals surface area contributed by atoms with Crippen LogP contribution >= 0.6 is 15.9 Å². The Morgan fingerprint density at radius 2 is 1.88 bits per heavy atom. The molecular formula is C20H24BrFN2O. The highest BCUT2D eigenvalue weighted by Crippen LogP contribution is 2.19. The number of hydrogen-bond donors (Lipinski definition) is 2. The van der Waals surface area contributed by atoms with Gasteiger partial charge in [0.2, 0.25) is 0 Å². The van der Waals surface area contributed by atoms with Crippen LogP contribution in [0.1, 0.15) is 24.0 Å². The number of ether oxygens (including phenoxy) is 1. The van der Waals surface area contributed by atoms with Crippen LogP contribution in [-0.4, -0.2) is 19.6 Å². The van der Waals surface area contributed by atoms with Crippen molar-refractivity contribution in [1.82, 2.24) is 10.6 Å². The van der Waals surface area contributed by atoms with Crippen LogP contribution < -0.4 is 15.4 Å². The van der Waals surface area contributed by atoms with Gasteiger partial charge in [-0.2, -0.15) is 0 Å². The predicted octanol–water partition coefficient (Wildman–Crippen LogP) is 4.26. The molecule has 0 saturated carbocycles. The van der Waals surface area contributed by atoms with Gasteiger partial charge in [-0.25, -0.2) is 4.39 Å². The van der Waals surface area contributed by atoms with E-state index in [-0.39, 0.29) is 12.4 Å². The molecule has 0 spiro atoms. The molecule has 1 aliphatic heterocycles. The van der Waals surface area contributed by atoms with Gasteiger partial charge < -0.3 is 15.4 Å². The average Bonchev–Trinajstić information content (AvgIpc) is 2.63. The van der Waals surface area contributed by atoms with Crippen LogP contribution in [0.15, 0.2) is 46.9 Å². The molecule has 1 aliphatic rings. The summed E-state index contributed by atoms with van der Waals surface area (Å²) in [6.07, 6.45) is 2.51. The Morgan fingerprint density at radius 3 is 2.60 bits per heavy atom. The lowest BCUT2D eigenvalue weighted by atomic mass is 9.98. The second-order valence-corrected chi connectivity index (χ2v) is 7.41. The van der Waals surface area contributed by atoms with Crippen molar-refractivity contribution in [2.24, 2.45) is 5.92 Å². The maximum absolute atomic E-state index is 13.8. The lowest BCUT2D eigenvalue weighted by Gasteiger charge is -2.22. The Morgan fingerprint density at radius 1 is 1.12 bits per heavy atom. The van der Waals surface area contributed by atoms with Crippen molar-refractivity contribution >= 4 is 15.9 Å². The van der Waals surface area contributed by atoms with Crippen molar-refractivity contribution in [2.45, 2.75) is 26.0 Å². The first-order chi connectivity index (χ1) is 12.2. The van der Waals surface area contributed by atoms with E-state index in [1.807, 2.05) is 18.2 Å². The van der Waals surface area contributed by atoms with Crippen LogP contribution in [0.3, 0.4) is 0 Å². The maximum Gasteiger partial charge on any atom is 0.130 e. The van der Waals surface area contributed by atoms with E-state index in [9.17, 15) is 4.39 Å². The van der Waals surface area contributed by atoms with E-state index in [1.165, 1.54) is 24.5 Å². The standard InChI is InChI=1S/C20H24BrFN2O/c21-18-4-3-17(20(22)11-18)14-25-19-5-1-15(2-6-19)12-24-13-16-7-9-23-10-8-16/h1-6,11,16,23-24H,7-10,12-14H2. The molecule has 0 atom stereocenters. The molecule has 0 radical (unpaired) electrons. The summed E-state index contributed by atoms with van der Waals surface area (Å²) in [4.78, 5) is 0. The highest BCUT2D eigenvalue weighted by molar-refractivity contribution is 9.10. The topological polar surface area (TPSA) is 33.3 Å². The molecule has 2 aromatic rings. The molecule has 134 valence electrons. The van der Waals surface area contributed by atoms with Gasteiger partial charge >= 0.3 is 0 Å². The van der Waals surface area contributed by atoms with Crippen molar-refractivity contribution in [1.29, 1.82) is 0 Å². The Bertz CT molecular complexity index is 672. The maximum atomic E-state index is 13.8. The summed E-state index contributed by atoms with van der Waals surface area (Å²) < 4.78 is 20.2. The minimum absolute atomic E-state index is 0.229. The first-order valence-corrected chi connectivity index (χ1v) is 9.57. The van der Waals surface area contributed by atoms with Gasteiger partial charge in [0, 0.05) is 16.6 Å². The molecule has 3 nitrogen and oxygen atoms in total. The van der Waals surface area contributed by atoms with Gasteiger partial charge in [-0.05, 0) is 68.2 Å².